The lowest BCUT2D eigenvalue weighted by Crippen LogP contribution is -2.35. The minimum absolute atomic E-state index is 0.206. The lowest BCUT2D eigenvalue weighted by molar-refractivity contribution is 0.0766. The van der Waals surface area contributed by atoms with Gasteiger partial charge in [0.25, 0.3) is 0 Å². The Hall–Kier alpha value is -0.860. The highest BCUT2D eigenvalue weighted by molar-refractivity contribution is 5.36. The number of rotatable bonds is 1. The van der Waals surface area contributed by atoms with Gasteiger partial charge in [-0.2, -0.15) is 0 Å². The molecule has 2 nitrogen and oxygen atoms in total. The molecule has 0 amide bonds. The summed E-state index contributed by atoms with van der Waals surface area (Å²) < 4.78 is 5.55. The maximum atomic E-state index is 5.55. The molecule has 0 radical (unpaired) electrons. The minimum atomic E-state index is 0.206. The zero-order chi connectivity index (χ0) is 12.5. The second-order valence-electron chi connectivity index (χ2n) is 5.90. The molecule has 1 aromatic carbocycles. The summed E-state index contributed by atoms with van der Waals surface area (Å²) in [7, 11) is 0. The molecule has 0 aromatic heterocycles. The second-order valence-corrected chi connectivity index (χ2v) is 5.90. The van der Waals surface area contributed by atoms with Gasteiger partial charge in [-0.3, -0.25) is 0 Å². The fourth-order valence-electron chi connectivity index (χ4n) is 2.25. The van der Waals surface area contributed by atoms with Crippen LogP contribution in [-0.2, 0) is 10.2 Å². The maximum absolute atomic E-state index is 5.55. The molecule has 1 atom stereocenters. The Morgan fingerprint density at radius 3 is 2.65 bits per heavy atom. The van der Waals surface area contributed by atoms with E-state index < -0.39 is 0 Å². The standard InChI is InChI=1S/C15H23NO/c1-11-5-6-12(15(2,3)4)9-13(11)14-10-17-8-7-16-14/h5-6,9,14,16H,7-8,10H2,1-4H3. The van der Waals surface area contributed by atoms with Gasteiger partial charge in [-0.1, -0.05) is 39.0 Å². The largest absolute Gasteiger partial charge is 0.378 e. The van der Waals surface area contributed by atoms with Crippen molar-refractivity contribution in [2.75, 3.05) is 19.8 Å². The summed E-state index contributed by atoms with van der Waals surface area (Å²) in [4.78, 5) is 0. The molecule has 1 aromatic rings. The Morgan fingerprint density at radius 2 is 2.06 bits per heavy atom. The maximum Gasteiger partial charge on any atom is 0.0662 e. The summed E-state index contributed by atoms with van der Waals surface area (Å²) in [5.74, 6) is 0. The van der Waals surface area contributed by atoms with E-state index in [1.807, 2.05) is 0 Å². The first kappa shape index (κ1) is 12.6. The van der Waals surface area contributed by atoms with Gasteiger partial charge in [0.2, 0.25) is 0 Å². The molecular formula is C15H23NO. The van der Waals surface area contributed by atoms with Gasteiger partial charge in [0.05, 0.1) is 19.3 Å². The van der Waals surface area contributed by atoms with Crippen LogP contribution in [0.4, 0.5) is 0 Å². The fraction of sp³-hybridized carbons (Fsp3) is 0.600. The van der Waals surface area contributed by atoms with E-state index in [0.717, 1.165) is 19.8 Å². The Labute approximate surface area is 104 Å². The third kappa shape index (κ3) is 2.88. The first-order valence-corrected chi connectivity index (χ1v) is 6.40. The normalized spacial score (nSPS) is 21.5. The van der Waals surface area contributed by atoms with Gasteiger partial charge in [0, 0.05) is 6.54 Å². The van der Waals surface area contributed by atoms with E-state index in [9.17, 15) is 0 Å². The molecule has 94 valence electrons. The van der Waals surface area contributed by atoms with Gasteiger partial charge >= 0.3 is 0 Å². The van der Waals surface area contributed by atoms with Gasteiger partial charge < -0.3 is 10.1 Å². The number of benzene rings is 1. The number of nitrogens with one attached hydrogen (secondary N) is 1. The molecule has 1 aliphatic heterocycles. The summed E-state index contributed by atoms with van der Waals surface area (Å²) in [6.07, 6.45) is 0. The van der Waals surface area contributed by atoms with Gasteiger partial charge in [0.1, 0.15) is 0 Å². The van der Waals surface area contributed by atoms with Gasteiger partial charge in [-0.15, -0.1) is 0 Å². The van der Waals surface area contributed by atoms with Crippen LogP contribution >= 0.6 is 0 Å². The van der Waals surface area contributed by atoms with Crippen molar-refractivity contribution in [1.29, 1.82) is 0 Å². The van der Waals surface area contributed by atoms with E-state index in [0.29, 0.717) is 6.04 Å². The number of morpholine rings is 1. The first-order chi connectivity index (χ1) is 7.98. The smallest absolute Gasteiger partial charge is 0.0662 e. The van der Waals surface area contributed by atoms with Crippen LogP contribution in [0.25, 0.3) is 0 Å². The topological polar surface area (TPSA) is 21.3 Å². The number of hydrogen-bond acceptors (Lipinski definition) is 2. The van der Waals surface area contributed by atoms with Gasteiger partial charge in [0.15, 0.2) is 0 Å². The number of ether oxygens (including phenoxy) is 1. The third-order valence-electron chi connectivity index (χ3n) is 3.44. The van der Waals surface area contributed by atoms with Crippen LogP contribution < -0.4 is 5.32 Å². The van der Waals surface area contributed by atoms with Crippen molar-refractivity contribution in [3.8, 4) is 0 Å². The molecule has 0 saturated carbocycles. The summed E-state index contributed by atoms with van der Waals surface area (Å²) in [6.45, 7) is 11.5. The number of aryl methyl sites for hydroxylation is 1. The molecular weight excluding hydrogens is 210 g/mol. The van der Waals surface area contributed by atoms with E-state index >= 15 is 0 Å². The second kappa shape index (κ2) is 4.79. The van der Waals surface area contributed by atoms with Crippen molar-refractivity contribution in [2.45, 2.75) is 39.2 Å². The third-order valence-corrected chi connectivity index (χ3v) is 3.44. The Balaban J connectivity index is 2.31. The molecule has 1 heterocycles. The van der Waals surface area contributed by atoms with Gasteiger partial charge in [-0.05, 0) is 29.0 Å². The Morgan fingerprint density at radius 1 is 1.29 bits per heavy atom. The van der Waals surface area contributed by atoms with E-state index in [-0.39, 0.29) is 5.41 Å². The van der Waals surface area contributed by atoms with Crippen molar-refractivity contribution in [3.63, 3.8) is 0 Å². The summed E-state index contributed by atoms with van der Waals surface area (Å²) in [5.41, 5.74) is 4.33. The van der Waals surface area contributed by atoms with E-state index in [2.05, 4.69) is 51.2 Å². The molecule has 1 aliphatic rings. The Bertz CT molecular complexity index is 386. The van der Waals surface area contributed by atoms with Crippen LogP contribution in [0.1, 0.15) is 43.5 Å². The molecule has 0 bridgehead atoms. The molecule has 0 aliphatic carbocycles. The van der Waals surface area contributed by atoms with Crippen molar-refractivity contribution < 1.29 is 4.74 Å². The van der Waals surface area contributed by atoms with Gasteiger partial charge in [-0.25, -0.2) is 0 Å². The van der Waals surface area contributed by atoms with Crippen molar-refractivity contribution in [2.24, 2.45) is 0 Å². The van der Waals surface area contributed by atoms with E-state index in [1.54, 1.807) is 0 Å². The molecule has 1 fully saturated rings. The summed E-state index contributed by atoms with van der Waals surface area (Å²) in [5, 5.41) is 3.53. The molecule has 1 unspecified atom stereocenters. The fourth-order valence-corrected chi connectivity index (χ4v) is 2.25. The van der Waals surface area contributed by atoms with Crippen molar-refractivity contribution in [3.05, 3.63) is 34.9 Å². The van der Waals surface area contributed by atoms with Crippen LogP contribution in [-0.4, -0.2) is 19.8 Å². The molecule has 2 rings (SSSR count). The summed E-state index contributed by atoms with van der Waals surface area (Å²) >= 11 is 0. The van der Waals surface area contributed by atoms with Crippen LogP contribution in [0.5, 0.6) is 0 Å². The van der Waals surface area contributed by atoms with Crippen molar-refractivity contribution >= 4 is 0 Å². The lowest BCUT2D eigenvalue weighted by atomic mass is 9.84. The number of hydrogen-bond donors (Lipinski definition) is 1. The SMILES string of the molecule is Cc1ccc(C(C)(C)C)cc1C1COCCN1. The average Bonchev–Trinajstić information content (AvgIpc) is 2.29. The lowest BCUT2D eigenvalue weighted by Gasteiger charge is -2.28. The molecule has 1 saturated heterocycles. The molecule has 0 spiro atoms. The molecule has 17 heavy (non-hydrogen) atoms. The van der Waals surface area contributed by atoms with Crippen LogP contribution in [0.2, 0.25) is 0 Å². The monoisotopic (exact) mass is 233 g/mol. The minimum Gasteiger partial charge on any atom is -0.378 e. The zero-order valence-corrected chi connectivity index (χ0v) is 11.3. The highest BCUT2D eigenvalue weighted by Gasteiger charge is 2.20. The highest BCUT2D eigenvalue weighted by atomic mass is 16.5. The predicted molar refractivity (Wildman–Crippen MR) is 71.4 cm³/mol. The van der Waals surface area contributed by atoms with E-state index in [1.165, 1.54) is 16.7 Å². The van der Waals surface area contributed by atoms with Crippen LogP contribution in [0.15, 0.2) is 18.2 Å². The van der Waals surface area contributed by atoms with Crippen LogP contribution in [0.3, 0.4) is 0 Å². The first-order valence-electron chi connectivity index (χ1n) is 6.40. The quantitative estimate of drug-likeness (QED) is 0.805. The predicted octanol–water partition coefficient (Wildman–Crippen LogP) is 2.95. The highest BCUT2D eigenvalue weighted by Crippen LogP contribution is 2.28. The van der Waals surface area contributed by atoms with Crippen molar-refractivity contribution in [1.82, 2.24) is 5.32 Å². The average molecular weight is 233 g/mol. The van der Waals surface area contributed by atoms with Crippen LogP contribution in [0, 0.1) is 6.92 Å². The van der Waals surface area contributed by atoms with E-state index in [4.69, 9.17) is 4.74 Å². The zero-order valence-electron chi connectivity index (χ0n) is 11.3. The Kier molecular flexibility index (Phi) is 3.55. The summed E-state index contributed by atoms with van der Waals surface area (Å²) in [6, 6.07) is 7.15. The molecule has 1 N–H and O–H groups in total. The molecule has 2 heteroatoms.